The number of aromatic nitrogens is 3. The van der Waals surface area contributed by atoms with E-state index in [1.807, 2.05) is 0 Å². The van der Waals surface area contributed by atoms with Crippen LogP contribution in [0.4, 0.5) is 23.2 Å². The SMILES string of the molecule is [C-]#[N+]c1cc(F)c(-n2nc(C(F)(F)F)c(=O)[nH]c2=O)cc1OCC. The van der Waals surface area contributed by atoms with E-state index in [-0.39, 0.29) is 22.7 Å². The lowest BCUT2D eigenvalue weighted by atomic mass is 10.2. The Kier molecular flexibility index (Phi) is 4.41. The molecule has 0 radical (unpaired) electrons. The van der Waals surface area contributed by atoms with Gasteiger partial charge in [0, 0.05) is 0 Å². The summed E-state index contributed by atoms with van der Waals surface area (Å²) in [6.45, 7) is 8.58. The van der Waals surface area contributed by atoms with Gasteiger partial charge < -0.3 is 4.74 Å². The van der Waals surface area contributed by atoms with Crippen LogP contribution in [0.5, 0.6) is 5.75 Å². The van der Waals surface area contributed by atoms with E-state index in [1.54, 1.807) is 6.92 Å². The molecule has 1 aromatic heterocycles. The molecule has 1 aromatic carbocycles. The van der Waals surface area contributed by atoms with Crippen LogP contribution in [0.2, 0.25) is 0 Å². The Balaban J connectivity index is 2.77. The number of alkyl halides is 3. The maximum absolute atomic E-state index is 14.1. The molecule has 0 unspecified atom stereocenters. The minimum Gasteiger partial charge on any atom is -0.505 e. The predicted molar refractivity (Wildman–Crippen MR) is 72.8 cm³/mol. The summed E-state index contributed by atoms with van der Waals surface area (Å²) in [4.78, 5) is 27.4. The third kappa shape index (κ3) is 3.12. The van der Waals surface area contributed by atoms with Crippen molar-refractivity contribution in [2.24, 2.45) is 0 Å². The third-order valence-electron chi connectivity index (χ3n) is 2.77. The molecule has 0 aliphatic heterocycles. The molecule has 1 N–H and O–H groups in total. The molecule has 11 heteroatoms. The van der Waals surface area contributed by atoms with Crippen molar-refractivity contribution in [3.05, 3.63) is 55.9 Å². The van der Waals surface area contributed by atoms with Gasteiger partial charge in [-0.1, -0.05) is 0 Å². The van der Waals surface area contributed by atoms with Crippen molar-refractivity contribution in [3.63, 3.8) is 0 Å². The van der Waals surface area contributed by atoms with Gasteiger partial charge in [0.1, 0.15) is 17.3 Å². The van der Waals surface area contributed by atoms with Crippen molar-refractivity contribution >= 4 is 5.69 Å². The number of ether oxygens (including phenoxy) is 1. The van der Waals surface area contributed by atoms with Crippen LogP contribution >= 0.6 is 0 Å². The molecule has 0 saturated carbocycles. The largest absolute Gasteiger partial charge is 0.505 e. The van der Waals surface area contributed by atoms with Crippen molar-refractivity contribution in [1.82, 2.24) is 14.8 Å². The monoisotopic (exact) mass is 344 g/mol. The van der Waals surface area contributed by atoms with E-state index in [9.17, 15) is 27.2 Å². The van der Waals surface area contributed by atoms with Gasteiger partial charge in [0.15, 0.2) is 0 Å². The van der Waals surface area contributed by atoms with Crippen molar-refractivity contribution in [1.29, 1.82) is 0 Å². The molecule has 126 valence electrons. The average Bonchev–Trinajstić information content (AvgIpc) is 2.48. The highest BCUT2D eigenvalue weighted by Crippen LogP contribution is 2.32. The summed E-state index contributed by atoms with van der Waals surface area (Å²) in [6.07, 6.45) is -5.14. The number of benzene rings is 1. The van der Waals surface area contributed by atoms with E-state index in [4.69, 9.17) is 11.3 Å². The molecule has 7 nitrogen and oxygen atoms in total. The zero-order chi connectivity index (χ0) is 18.1. The lowest BCUT2D eigenvalue weighted by Gasteiger charge is -2.12. The lowest BCUT2D eigenvalue weighted by molar-refractivity contribution is -0.143. The van der Waals surface area contributed by atoms with E-state index in [1.165, 1.54) is 4.98 Å². The highest BCUT2D eigenvalue weighted by Gasteiger charge is 2.37. The maximum atomic E-state index is 14.1. The highest BCUT2D eigenvalue weighted by atomic mass is 19.4. The van der Waals surface area contributed by atoms with E-state index in [0.717, 1.165) is 6.07 Å². The number of rotatable bonds is 3. The molecular weight excluding hydrogens is 336 g/mol. The van der Waals surface area contributed by atoms with Crippen molar-refractivity contribution in [3.8, 4) is 11.4 Å². The quantitative estimate of drug-likeness (QED) is 0.682. The molecule has 0 aliphatic carbocycles. The Morgan fingerprint density at radius 2 is 2.04 bits per heavy atom. The third-order valence-corrected chi connectivity index (χ3v) is 2.77. The summed E-state index contributed by atoms with van der Waals surface area (Å²) >= 11 is 0. The van der Waals surface area contributed by atoms with Gasteiger partial charge >= 0.3 is 11.9 Å². The molecule has 24 heavy (non-hydrogen) atoms. The van der Waals surface area contributed by atoms with Gasteiger partial charge in [-0.25, -0.2) is 14.0 Å². The van der Waals surface area contributed by atoms with Crippen LogP contribution in [0.3, 0.4) is 0 Å². The molecular formula is C13H8F4N4O3. The second kappa shape index (κ2) is 6.15. The smallest absolute Gasteiger partial charge is 0.440 e. The average molecular weight is 344 g/mol. The van der Waals surface area contributed by atoms with Crippen LogP contribution in [-0.4, -0.2) is 21.4 Å². The van der Waals surface area contributed by atoms with Crippen LogP contribution in [0.25, 0.3) is 10.5 Å². The molecule has 0 saturated heterocycles. The standard InChI is InChI=1S/C13H8F4N4O3/c1-3-24-9-5-8(6(14)4-7(9)18-2)21-12(23)19-11(22)10(20-21)13(15,16)17/h4-5H,3H2,1H3,(H,19,22,23). The summed E-state index contributed by atoms with van der Waals surface area (Å²) in [5, 5.41) is 2.89. The molecule has 0 amide bonds. The number of hydrogen-bond donors (Lipinski definition) is 1. The summed E-state index contributed by atoms with van der Waals surface area (Å²) in [5.41, 5.74) is -5.95. The summed E-state index contributed by atoms with van der Waals surface area (Å²) < 4.78 is 57.4. The Bertz CT molecular complexity index is 940. The molecule has 2 rings (SSSR count). The Morgan fingerprint density at radius 1 is 1.38 bits per heavy atom. The molecule has 0 bridgehead atoms. The number of halogens is 4. The van der Waals surface area contributed by atoms with E-state index in [0.29, 0.717) is 6.07 Å². The molecule has 2 aromatic rings. The van der Waals surface area contributed by atoms with Crippen LogP contribution < -0.4 is 16.0 Å². The van der Waals surface area contributed by atoms with Gasteiger partial charge in [-0.2, -0.15) is 23.0 Å². The van der Waals surface area contributed by atoms with Gasteiger partial charge in [0.25, 0.3) is 5.56 Å². The van der Waals surface area contributed by atoms with Crippen molar-refractivity contribution in [2.45, 2.75) is 13.1 Å². The van der Waals surface area contributed by atoms with E-state index >= 15 is 0 Å². The topological polar surface area (TPSA) is 81.3 Å². The van der Waals surface area contributed by atoms with Crippen LogP contribution in [0.1, 0.15) is 12.6 Å². The fraction of sp³-hybridized carbons (Fsp3) is 0.231. The number of H-pyrrole nitrogens is 1. The minimum absolute atomic E-state index is 0.0514. The number of hydrogen-bond acceptors (Lipinski definition) is 4. The first-order chi connectivity index (χ1) is 11.2. The first-order valence-corrected chi connectivity index (χ1v) is 6.34. The van der Waals surface area contributed by atoms with Crippen LogP contribution in [-0.2, 0) is 6.18 Å². The van der Waals surface area contributed by atoms with Gasteiger partial charge in [-0.05, 0) is 19.1 Å². The van der Waals surface area contributed by atoms with Crippen LogP contribution in [0, 0.1) is 12.4 Å². The fourth-order valence-electron chi connectivity index (χ4n) is 1.80. The van der Waals surface area contributed by atoms with E-state index < -0.39 is 34.6 Å². The number of nitrogens with zero attached hydrogens (tertiary/aromatic N) is 3. The number of nitrogens with one attached hydrogen (secondary N) is 1. The summed E-state index contributed by atoms with van der Waals surface area (Å²) in [6, 6.07) is 1.55. The number of aromatic amines is 1. The Morgan fingerprint density at radius 3 is 2.58 bits per heavy atom. The van der Waals surface area contributed by atoms with Gasteiger partial charge in [-0.15, -0.1) is 0 Å². The zero-order valence-corrected chi connectivity index (χ0v) is 11.9. The summed E-state index contributed by atoms with van der Waals surface area (Å²) in [7, 11) is 0. The molecule has 0 spiro atoms. The second-order valence-electron chi connectivity index (χ2n) is 4.33. The van der Waals surface area contributed by atoms with Gasteiger partial charge in [0.05, 0.1) is 13.2 Å². The van der Waals surface area contributed by atoms with Crippen LogP contribution in [0.15, 0.2) is 21.7 Å². The molecule has 0 fully saturated rings. The van der Waals surface area contributed by atoms with E-state index in [2.05, 4.69) is 9.94 Å². The normalized spacial score (nSPS) is 11.2. The first-order valence-electron chi connectivity index (χ1n) is 6.34. The van der Waals surface area contributed by atoms with Gasteiger partial charge in [-0.3, -0.25) is 9.78 Å². The Labute approximate surface area is 130 Å². The zero-order valence-electron chi connectivity index (χ0n) is 11.9. The highest BCUT2D eigenvalue weighted by molar-refractivity contribution is 5.61. The predicted octanol–water partition coefficient (Wildman–Crippen LogP) is 2.03. The minimum atomic E-state index is -5.14. The second-order valence-corrected chi connectivity index (χ2v) is 4.33. The Hall–Kier alpha value is -3.16. The van der Waals surface area contributed by atoms with Crippen molar-refractivity contribution in [2.75, 3.05) is 6.61 Å². The first kappa shape index (κ1) is 17.2. The summed E-state index contributed by atoms with van der Waals surface area (Å²) in [5.74, 6) is -1.32. The fourth-order valence-corrected chi connectivity index (χ4v) is 1.80. The maximum Gasteiger partial charge on any atom is 0.440 e. The lowest BCUT2D eigenvalue weighted by Crippen LogP contribution is -2.37. The van der Waals surface area contributed by atoms with Crippen molar-refractivity contribution < 1.29 is 22.3 Å². The molecule has 0 aliphatic rings. The van der Waals surface area contributed by atoms with Gasteiger partial charge in [0.2, 0.25) is 11.4 Å². The molecule has 1 heterocycles. The molecule has 0 atom stereocenters.